The maximum Gasteiger partial charge on any atom is 0.0664 e. The molecule has 5 heteroatoms. The minimum atomic E-state index is -0.215. The van der Waals surface area contributed by atoms with Gasteiger partial charge in [-0.2, -0.15) is 0 Å². The minimum Gasteiger partial charge on any atom is -0.392 e. The monoisotopic (exact) mass is 400 g/mol. The summed E-state index contributed by atoms with van der Waals surface area (Å²) in [5.41, 5.74) is 5.76. The molecule has 4 unspecified atom stereocenters. The second-order valence-electron chi connectivity index (χ2n) is 8.88. The Labute approximate surface area is 176 Å². The average molecular weight is 401 g/mol. The Kier molecular flexibility index (Phi) is 19.9. The molecule has 28 heavy (non-hydrogen) atoms. The van der Waals surface area contributed by atoms with Crippen LogP contribution in [0.15, 0.2) is 0 Å². The summed E-state index contributed by atoms with van der Waals surface area (Å²) in [7, 11) is 0. The van der Waals surface area contributed by atoms with Crippen molar-refractivity contribution in [3.63, 3.8) is 0 Å². The van der Waals surface area contributed by atoms with E-state index in [1.165, 1.54) is 57.8 Å². The molecule has 170 valence electrons. The third-order valence-electron chi connectivity index (χ3n) is 5.28. The number of aliphatic hydroxyl groups is 1. The third kappa shape index (κ3) is 20.5. The van der Waals surface area contributed by atoms with Crippen LogP contribution in [0, 0.1) is 0 Å². The van der Waals surface area contributed by atoms with E-state index in [-0.39, 0.29) is 12.1 Å². The molecule has 0 aliphatic heterocycles. The summed E-state index contributed by atoms with van der Waals surface area (Å²) in [6, 6.07) is 0.998. The van der Waals surface area contributed by atoms with Gasteiger partial charge < -0.3 is 26.8 Å². The molecule has 5 nitrogen and oxygen atoms in total. The molecular weight excluding hydrogens is 348 g/mol. The number of hydrogen-bond donors (Lipinski definition) is 5. The van der Waals surface area contributed by atoms with Gasteiger partial charge in [0.25, 0.3) is 0 Å². The predicted octanol–water partition coefficient (Wildman–Crippen LogP) is 3.55. The van der Waals surface area contributed by atoms with Crippen molar-refractivity contribution in [3.8, 4) is 0 Å². The number of unbranched alkanes of at least 4 members (excludes halogenated alkanes) is 9. The zero-order chi connectivity index (χ0) is 21.0. The van der Waals surface area contributed by atoms with Crippen LogP contribution < -0.4 is 21.7 Å². The fraction of sp³-hybridized carbons (Fsp3) is 1.00. The highest BCUT2D eigenvalue weighted by Crippen LogP contribution is 2.11. The van der Waals surface area contributed by atoms with Gasteiger partial charge in [-0.25, -0.2) is 0 Å². The highest BCUT2D eigenvalue weighted by Gasteiger charge is 2.08. The van der Waals surface area contributed by atoms with Crippen LogP contribution >= 0.6 is 0 Å². The molecule has 0 aromatic rings. The molecule has 0 aromatic carbocycles. The Balaban J connectivity index is 3.41. The molecule has 0 spiro atoms. The van der Waals surface area contributed by atoms with Crippen molar-refractivity contribution in [1.29, 1.82) is 0 Å². The lowest BCUT2D eigenvalue weighted by atomic mass is 10.0. The van der Waals surface area contributed by atoms with Crippen molar-refractivity contribution in [2.75, 3.05) is 26.2 Å². The van der Waals surface area contributed by atoms with Crippen molar-refractivity contribution < 1.29 is 5.11 Å². The fourth-order valence-corrected chi connectivity index (χ4v) is 3.35. The van der Waals surface area contributed by atoms with Gasteiger partial charge in [0, 0.05) is 44.3 Å². The summed E-state index contributed by atoms with van der Waals surface area (Å²) < 4.78 is 0. The van der Waals surface area contributed by atoms with Gasteiger partial charge in [-0.1, -0.05) is 71.1 Å². The number of rotatable bonds is 21. The standard InChI is InChI=1S/C23H52N4O/c1-5-6-7-8-9-10-11-12-13-14-15-23(28)19-25-17-21(3)27-18-22(4)26-16-20(2)24/h20-23,25-28H,5-19,24H2,1-4H3. The molecule has 6 N–H and O–H groups in total. The molecule has 0 heterocycles. The normalized spacial score (nSPS) is 16.1. The van der Waals surface area contributed by atoms with E-state index in [4.69, 9.17) is 5.73 Å². The van der Waals surface area contributed by atoms with E-state index >= 15 is 0 Å². The van der Waals surface area contributed by atoms with Crippen LogP contribution in [-0.2, 0) is 0 Å². The second kappa shape index (κ2) is 20.1. The van der Waals surface area contributed by atoms with E-state index < -0.39 is 0 Å². The number of nitrogens with two attached hydrogens (primary N) is 1. The van der Waals surface area contributed by atoms with Crippen molar-refractivity contribution in [3.05, 3.63) is 0 Å². The zero-order valence-electron chi connectivity index (χ0n) is 19.4. The van der Waals surface area contributed by atoms with Gasteiger partial charge in [-0.15, -0.1) is 0 Å². The molecule has 0 aliphatic rings. The maximum atomic E-state index is 10.1. The smallest absolute Gasteiger partial charge is 0.0664 e. The van der Waals surface area contributed by atoms with E-state index in [1.54, 1.807) is 0 Å². The van der Waals surface area contributed by atoms with Crippen molar-refractivity contribution in [1.82, 2.24) is 16.0 Å². The Hall–Kier alpha value is -0.200. The average Bonchev–Trinajstić information content (AvgIpc) is 2.66. The molecule has 0 saturated heterocycles. The van der Waals surface area contributed by atoms with Gasteiger partial charge in [0.05, 0.1) is 6.10 Å². The van der Waals surface area contributed by atoms with Crippen LogP contribution in [-0.4, -0.2) is 55.5 Å². The summed E-state index contributed by atoms with van der Waals surface area (Å²) in [5, 5.41) is 20.4. The SMILES string of the molecule is CCCCCCCCCCCCC(O)CNCC(C)NCC(C)NCC(C)N. The highest BCUT2D eigenvalue weighted by molar-refractivity contribution is 4.72. The molecule has 4 atom stereocenters. The summed E-state index contributed by atoms with van der Waals surface area (Å²) >= 11 is 0. The predicted molar refractivity (Wildman–Crippen MR) is 124 cm³/mol. The van der Waals surface area contributed by atoms with Crippen LogP contribution in [0.2, 0.25) is 0 Å². The topological polar surface area (TPSA) is 82.3 Å². The molecule has 0 radical (unpaired) electrons. The Morgan fingerprint density at radius 1 is 0.679 bits per heavy atom. The lowest BCUT2D eigenvalue weighted by molar-refractivity contribution is 0.157. The van der Waals surface area contributed by atoms with Gasteiger partial charge in [-0.05, 0) is 27.2 Å². The van der Waals surface area contributed by atoms with Gasteiger partial charge in [-0.3, -0.25) is 0 Å². The van der Waals surface area contributed by atoms with E-state index in [0.717, 1.165) is 32.5 Å². The van der Waals surface area contributed by atoms with Gasteiger partial charge in [0.2, 0.25) is 0 Å². The van der Waals surface area contributed by atoms with Crippen LogP contribution in [0.4, 0.5) is 0 Å². The zero-order valence-corrected chi connectivity index (χ0v) is 19.4. The minimum absolute atomic E-state index is 0.193. The molecule has 0 rings (SSSR count). The first kappa shape index (κ1) is 27.8. The molecular formula is C23H52N4O. The molecule has 0 bridgehead atoms. The van der Waals surface area contributed by atoms with Crippen LogP contribution in [0.5, 0.6) is 0 Å². The highest BCUT2D eigenvalue weighted by atomic mass is 16.3. The van der Waals surface area contributed by atoms with Crippen LogP contribution in [0.1, 0.15) is 98.3 Å². The number of hydrogen-bond acceptors (Lipinski definition) is 5. The maximum absolute atomic E-state index is 10.1. The lowest BCUT2D eigenvalue weighted by Gasteiger charge is -2.20. The Morgan fingerprint density at radius 3 is 1.75 bits per heavy atom. The van der Waals surface area contributed by atoms with Crippen LogP contribution in [0.3, 0.4) is 0 Å². The number of nitrogens with one attached hydrogen (secondary N) is 3. The molecule has 0 aromatic heterocycles. The largest absolute Gasteiger partial charge is 0.392 e. The molecule has 0 aliphatic carbocycles. The second-order valence-corrected chi connectivity index (χ2v) is 8.88. The quantitative estimate of drug-likeness (QED) is 0.190. The summed E-state index contributed by atoms with van der Waals surface area (Å²) in [5.74, 6) is 0. The van der Waals surface area contributed by atoms with Gasteiger partial charge in [0.1, 0.15) is 0 Å². The van der Waals surface area contributed by atoms with E-state index in [1.807, 2.05) is 6.92 Å². The number of aliphatic hydroxyl groups excluding tert-OH is 1. The van der Waals surface area contributed by atoms with Crippen molar-refractivity contribution in [2.45, 2.75) is 123 Å². The van der Waals surface area contributed by atoms with Gasteiger partial charge in [0.15, 0.2) is 0 Å². The molecule has 0 amide bonds. The lowest BCUT2D eigenvalue weighted by Crippen LogP contribution is -2.46. The van der Waals surface area contributed by atoms with Gasteiger partial charge >= 0.3 is 0 Å². The third-order valence-corrected chi connectivity index (χ3v) is 5.28. The van der Waals surface area contributed by atoms with Crippen molar-refractivity contribution >= 4 is 0 Å². The van der Waals surface area contributed by atoms with E-state index in [9.17, 15) is 5.11 Å². The summed E-state index contributed by atoms with van der Waals surface area (Å²) in [6.45, 7) is 12.0. The first-order chi connectivity index (χ1) is 13.5. The van der Waals surface area contributed by atoms with E-state index in [2.05, 4.69) is 36.7 Å². The van der Waals surface area contributed by atoms with Crippen LogP contribution in [0.25, 0.3) is 0 Å². The molecule has 0 saturated carbocycles. The first-order valence-electron chi connectivity index (χ1n) is 12.1. The fourth-order valence-electron chi connectivity index (χ4n) is 3.35. The van der Waals surface area contributed by atoms with Crippen molar-refractivity contribution in [2.24, 2.45) is 5.73 Å². The first-order valence-corrected chi connectivity index (χ1v) is 12.1. The Bertz CT molecular complexity index is 315. The van der Waals surface area contributed by atoms with E-state index in [0.29, 0.717) is 18.6 Å². The Morgan fingerprint density at radius 2 is 1.18 bits per heavy atom. The molecule has 0 fully saturated rings. The summed E-state index contributed by atoms with van der Waals surface area (Å²) in [4.78, 5) is 0. The summed E-state index contributed by atoms with van der Waals surface area (Å²) in [6.07, 6.45) is 14.1.